The molecule has 0 radical (unpaired) electrons. The first-order valence-corrected chi connectivity index (χ1v) is 10.6. The van der Waals surface area contributed by atoms with Gasteiger partial charge in [-0.2, -0.15) is 0 Å². The Hall–Kier alpha value is -1.81. The Kier molecular flexibility index (Phi) is 6.82. The van der Waals surface area contributed by atoms with Crippen LogP contribution < -0.4 is 9.47 Å². The minimum atomic E-state index is -0.494. The van der Waals surface area contributed by atoms with Crippen molar-refractivity contribution in [1.29, 1.82) is 0 Å². The molecule has 2 amide bonds. The molecule has 1 fully saturated rings. The third-order valence-corrected chi connectivity index (χ3v) is 6.13. The first-order chi connectivity index (χ1) is 13.4. The minimum Gasteiger partial charge on any atom is -0.492 e. The lowest BCUT2D eigenvalue weighted by atomic mass is 10.1. The van der Waals surface area contributed by atoms with E-state index in [-0.39, 0.29) is 23.5 Å². The highest BCUT2D eigenvalue weighted by Gasteiger charge is 2.39. The first kappa shape index (κ1) is 20.9. The Balaban J connectivity index is 1.75. The van der Waals surface area contributed by atoms with E-state index in [0.717, 1.165) is 20.9 Å². The number of imide groups is 1. The summed E-state index contributed by atoms with van der Waals surface area (Å²) in [5, 5.41) is -0.779. The average molecular weight is 515 g/mol. The molecule has 0 unspecified atom stereocenters. The van der Waals surface area contributed by atoms with Crippen LogP contribution in [0.2, 0.25) is 0 Å². The SMILES string of the molecule is CCOc1cc(C[C@H]2SC(=O)N(Cc3ccc(F)cc3)C2=O)cc(I)c1OC. The summed E-state index contributed by atoms with van der Waals surface area (Å²) in [7, 11) is 1.59. The summed E-state index contributed by atoms with van der Waals surface area (Å²) in [5.41, 5.74) is 1.61. The molecule has 5 nitrogen and oxygen atoms in total. The van der Waals surface area contributed by atoms with Crippen LogP contribution in [0.1, 0.15) is 18.1 Å². The van der Waals surface area contributed by atoms with Crippen LogP contribution in [0.15, 0.2) is 36.4 Å². The molecule has 1 heterocycles. The van der Waals surface area contributed by atoms with E-state index in [2.05, 4.69) is 22.6 Å². The maximum absolute atomic E-state index is 13.1. The summed E-state index contributed by atoms with van der Waals surface area (Å²) in [6.45, 7) is 2.53. The van der Waals surface area contributed by atoms with E-state index >= 15 is 0 Å². The summed E-state index contributed by atoms with van der Waals surface area (Å²) in [5.74, 6) is 0.694. The Labute approximate surface area is 180 Å². The van der Waals surface area contributed by atoms with Gasteiger partial charge in [-0.15, -0.1) is 0 Å². The van der Waals surface area contributed by atoms with Gasteiger partial charge in [0.2, 0.25) is 5.91 Å². The van der Waals surface area contributed by atoms with Gasteiger partial charge in [-0.25, -0.2) is 4.39 Å². The molecule has 2 aromatic carbocycles. The van der Waals surface area contributed by atoms with Crippen molar-refractivity contribution in [2.45, 2.75) is 25.1 Å². The van der Waals surface area contributed by atoms with Crippen molar-refractivity contribution < 1.29 is 23.5 Å². The average Bonchev–Trinajstić information content (AvgIpc) is 2.91. The lowest BCUT2D eigenvalue weighted by molar-refractivity contribution is -0.127. The third-order valence-electron chi connectivity index (χ3n) is 4.25. The van der Waals surface area contributed by atoms with Crippen LogP contribution in [0.25, 0.3) is 0 Å². The second kappa shape index (κ2) is 9.13. The summed E-state index contributed by atoms with van der Waals surface area (Å²) >= 11 is 3.19. The van der Waals surface area contributed by atoms with Crippen molar-refractivity contribution in [3.05, 3.63) is 56.9 Å². The van der Waals surface area contributed by atoms with Gasteiger partial charge in [-0.05, 0) is 71.3 Å². The molecular formula is C20H19FINO4S. The molecule has 148 valence electrons. The largest absolute Gasteiger partial charge is 0.492 e. The molecule has 1 atom stereocenters. The maximum Gasteiger partial charge on any atom is 0.289 e. The van der Waals surface area contributed by atoms with Crippen LogP contribution >= 0.6 is 34.4 Å². The molecule has 0 aliphatic carbocycles. The van der Waals surface area contributed by atoms with E-state index in [4.69, 9.17) is 9.47 Å². The van der Waals surface area contributed by atoms with Crippen LogP contribution in [0.3, 0.4) is 0 Å². The number of hydrogen-bond donors (Lipinski definition) is 0. The fourth-order valence-electron chi connectivity index (χ4n) is 2.96. The molecule has 0 spiro atoms. The summed E-state index contributed by atoms with van der Waals surface area (Å²) < 4.78 is 25.0. The Morgan fingerprint density at radius 3 is 2.54 bits per heavy atom. The highest BCUT2D eigenvalue weighted by Crippen LogP contribution is 2.36. The van der Waals surface area contributed by atoms with Crippen molar-refractivity contribution in [3.8, 4) is 11.5 Å². The van der Waals surface area contributed by atoms with Crippen molar-refractivity contribution in [1.82, 2.24) is 4.90 Å². The maximum atomic E-state index is 13.1. The predicted octanol–water partition coefficient (Wildman–Crippen LogP) is 4.64. The van der Waals surface area contributed by atoms with Crippen LogP contribution in [0.5, 0.6) is 11.5 Å². The van der Waals surface area contributed by atoms with Crippen molar-refractivity contribution in [2.75, 3.05) is 13.7 Å². The van der Waals surface area contributed by atoms with E-state index in [9.17, 15) is 14.0 Å². The molecule has 2 aromatic rings. The van der Waals surface area contributed by atoms with Gasteiger partial charge < -0.3 is 9.47 Å². The number of carbonyl (C=O) groups is 2. The molecule has 1 aliphatic rings. The van der Waals surface area contributed by atoms with E-state index in [1.54, 1.807) is 19.2 Å². The summed E-state index contributed by atoms with van der Waals surface area (Å²) in [4.78, 5) is 26.3. The van der Waals surface area contributed by atoms with E-state index in [1.165, 1.54) is 17.0 Å². The zero-order chi connectivity index (χ0) is 20.3. The molecule has 1 saturated heterocycles. The van der Waals surface area contributed by atoms with Crippen molar-refractivity contribution in [3.63, 3.8) is 0 Å². The topological polar surface area (TPSA) is 55.8 Å². The Bertz CT molecular complexity index is 891. The number of amides is 2. The van der Waals surface area contributed by atoms with Gasteiger partial charge in [0.15, 0.2) is 11.5 Å². The van der Waals surface area contributed by atoms with Gasteiger partial charge in [-0.3, -0.25) is 14.5 Å². The molecule has 0 bridgehead atoms. The number of halogens is 2. The number of rotatable bonds is 7. The quantitative estimate of drug-likeness (QED) is 0.503. The van der Waals surface area contributed by atoms with Crippen LogP contribution in [0.4, 0.5) is 9.18 Å². The minimum absolute atomic E-state index is 0.145. The van der Waals surface area contributed by atoms with E-state index < -0.39 is 5.25 Å². The zero-order valence-electron chi connectivity index (χ0n) is 15.4. The van der Waals surface area contributed by atoms with Crippen LogP contribution in [-0.2, 0) is 17.8 Å². The van der Waals surface area contributed by atoms with Gasteiger partial charge in [-0.1, -0.05) is 23.9 Å². The molecule has 1 aliphatic heterocycles. The number of carbonyl (C=O) groups excluding carboxylic acids is 2. The van der Waals surface area contributed by atoms with Crippen LogP contribution in [-0.4, -0.2) is 35.0 Å². The lowest BCUT2D eigenvalue weighted by Gasteiger charge is -2.15. The molecule has 0 aromatic heterocycles. The standard InChI is InChI=1S/C20H19FINO4S/c1-3-27-16-9-13(8-15(22)18(16)26-2)10-17-19(24)23(20(25)28-17)11-12-4-6-14(21)7-5-12/h4-9,17H,3,10-11H2,1-2H3/t17-/m1/s1. The van der Waals surface area contributed by atoms with Gasteiger partial charge in [0.1, 0.15) is 5.82 Å². The van der Waals surface area contributed by atoms with E-state index in [0.29, 0.717) is 30.1 Å². The third kappa shape index (κ3) is 4.60. The second-order valence-corrected chi connectivity index (χ2v) is 8.49. The van der Waals surface area contributed by atoms with Crippen LogP contribution in [0, 0.1) is 9.39 Å². The number of benzene rings is 2. The Morgan fingerprint density at radius 1 is 1.18 bits per heavy atom. The first-order valence-electron chi connectivity index (χ1n) is 8.68. The van der Waals surface area contributed by atoms with Gasteiger partial charge >= 0.3 is 0 Å². The fraction of sp³-hybridized carbons (Fsp3) is 0.300. The second-order valence-electron chi connectivity index (χ2n) is 6.17. The lowest BCUT2D eigenvalue weighted by Crippen LogP contribution is -2.31. The van der Waals surface area contributed by atoms with E-state index in [1.807, 2.05) is 19.1 Å². The number of ether oxygens (including phenoxy) is 2. The highest BCUT2D eigenvalue weighted by molar-refractivity contribution is 14.1. The van der Waals surface area contributed by atoms with Gasteiger partial charge in [0.25, 0.3) is 5.24 Å². The van der Waals surface area contributed by atoms with Crippen molar-refractivity contribution in [2.24, 2.45) is 0 Å². The number of methoxy groups -OCH3 is 1. The molecular weight excluding hydrogens is 496 g/mol. The Morgan fingerprint density at radius 2 is 1.89 bits per heavy atom. The zero-order valence-corrected chi connectivity index (χ0v) is 18.4. The summed E-state index contributed by atoms with van der Waals surface area (Å²) in [6.07, 6.45) is 0.412. The van der Waals surface area contributed by atoms with Gasteiger partial charge in [0, 0.05) is 0 Å². The smallest absolute Gasteiger partial charge is 0.289 e. The highest BCUT2D eigenvalue weighted by atomic mass is 127. The molecule has 0 N–H and O–H groups in total. The normalized spacial score (nSPS) is 16.6. The molecule has 3 rings (SSSR count). The number of hydrogen-bond acceptors (Lipinski definition) is 5. The number of nitrogens with zero attached hydrogens (tertiary/aromatic N) is 1. The molecule has 8 heteroatoms. The predicted molar refractivity (Wildman–Crippen MR) is 114 cm³/mol. The number of thioether (sulfide) groups is 1. The fourth-order valence-corrected chi connectivity index (χ4v) is 4.87. The molecule has 28 heavy (non-hydrogen) atoms. The monoisotopic (exact) mass is 515 g/mol. The van der Waals surface area contributed by atoms with Crippen molar-refractivity contribution >= 4 is 45.5 Å². The summed E-state index contributed by atoms with van der Waals surface area (Å²) in [6, 6.07) is 9.58. The molecule has 0 saturated carbocycles. The van der Waals surface area contributed by atoms with Gasteiger partial charge in [0.05, 0.1) is 29.1 Å².